The number of aryl methyl sites for hydroxylation is 1. The van der Waals surface area contributed by atoms with E-state index < -0.39 is 83.5 Å². The number of carbonyl (C=O) groups excluding carboxylic acids is 1. The molecule has 1 aliphatic carbocycles. The number of nitrogens with one attached hydrogen (secondary N) is 2. The Morgan fingerprint density at radius 1 is 1.14 bits per heavy atom. The van der Waals surface area contributed by atoms with Crippen molar-refractivity contribution in [3.05, 3.63) is 97.9 Å². The van der Waals surface area contributed by atoms with Gasteiger partial charge in [0.1, 0.15) is 29.7 Å². The molecule has 0 saturated heterocycles. The third-order valence-electron chi connectivity index (χ3n) is 8.30. The van der Waals surface area contributed by atoms with Gasteiger partial charge in [-0.25, -0.2) is 13.8 Å². The third kappa shape index (κ3) is 6.29. The highest BCUT2D eigenvalue weighted by atomic mass is 35.5. The van der Waals surface area contributed by atoms with Gasteiger partial charge in [-0.1, -0.05) is 30.5 Å². The number of anilines is 1. The Balaban J connectivity index is 1.47. The number of nitrogens with zero attached hydrogens (tertiary/aromatic N) is 6. The largest absolute Gasteiger partial charge is 0.435 e. The van der Waals surface area contributed by atoms with E-state index in [1.807, 2.05) is 0 Å². The second kappa shape index (κ2) is 12.9. The lowest BCUT2D eigenvalue weighted by atomic mass is 10.0. The SMILES string of the molecule is CSNc1nn(C)c2c(-n3c(C(Cc4cc(F)cc(F)c4)NC(=O)Cn4nc(C(F)(F)F)c5c4C(F)(F)[C@@H](C)C5)nccc3=O)ccc(Cl)c12. The van der Waals surface area contributed by atoms with Gasteiger partial charge in [0, 0.05) is 49.5 Å². The summed E-state index contributed by atoms with van der Waals surface area (Å²) in [5.41, 5.74) is -3.35. The Bertz CT molecular complexity index is 2180. The minimum absolute atomic E-state index is 0.00499. The second-order valence-corrected chi connectivity index (χ2v) is 12.7. The van der Waals surface area contributed by atoms with E-state index in [0.29, 0.717) is 27.5 Å². The van der Waals surface area contributed by atoms with Crippen LogP contribution in [0.1, 0.15) is 41.3 Å². The third-order valence-corrected chi connectivity index (χ3v) is 9.01. The summed E-state index contributed by atoms with van der Waals surface area (Å²) < 4.78 is 106. The summed E-state index contributed by atoms with van der Waals surface area (Å²) in [7, 11) is 1.60. The van der Waals surface area contributed by atoms with Gasteiger partial charge in [0.25, 0.3) is 11.5 Å². The van der Waals surface area contributed by atoms with Crippen LogP contribution >= 0.6 is 23.5 Å². The van der Waals surface area contributed by atoms with Crippen LogP contribution in [0.4, 0.5) is 36.6 Å². The fourth-order valence-electron chi connectivity index (χ4n) is 6.24. The fraction of sp³-hybridized carbons (Fsp3) is 0.323. The first-order chi connectivity index (χ1) is 23.5. The van der Waals surface area contributed by atoms with Crippen molar-refractivity contribution in [3.63, 3.8) is 0 Å². The van der Waals surface area contributed by atoms with E-state index in [0.717, 1.165) is 35.9 Å². The van der Waals surface area contributed by atoms with Gasteiger partial charge < -0.3 is 10.0 Å². The molecule has 5 aromatic rings. The van der Waals surface area contributed by atoms with Crippen molar-refractivity contribution in [1.82, 2.24) is 34.4 Å². The highest BCUT2D eigenvalue weighted by Gasteiger charge is 2.54. The van der Waals surface area contributed by atoms with Crippen LogP contribution < -0.4 is 15.6 Å². The highest BCUT2D eigenvalue weighted by molar-refractivity contribution is 7.99. The Kier molecular flexibility index (Phi) is 9.13. The maximum absolute atomic E-state index is 15.2. The second-order valence-electron chi connectivity index (χ2n) is 11.7. The van der Waals surface area contributed by atoms with Crippen LogP contribution in [0.2, 0.25) is 5.02 Å². The molecule has 2 atom stereocenters. The Morgan fingerprint density at radius 3 is 2.50 bits per heavy atom. The molecule has 0 saturated carbocycles. The van der Waals surface area contributed by atoms with Crippen LogP contribution in [-0.2, 0) is 43.3 Å². The number of halogens is 8. The van der Waals surface area contributed by atoms with Crippen molar-refractivity contribution < 1.29 is 35.5 Å². The van der Waals surface area contributed by atoms with Gasteiger partial charge in [-0.15, -0.1) is 0 Å². The number of fused-ring (bicyclic) bond motifs is 2. The van der Waals surface area contributed by atoms with Crippen molar-refractivity contribution in [3.8, 4) is 5.69 Å². The molecule has 2 aromatic carbocycles. The lowest BCUT2D eigenvalue weighted by molar-refractivity contribution is -0.142. The molecular weight excluding hydrogens is 717 g/mol. The summed E-state index contributed by atoms with van der Waals surface area (Å²) in [6.45, 7) is 0.0115. The van der Waals surface area contributed by atoms with Crippen molar-refractivity contribution in [2.24, 2.45) is 13.0 Å². The number of benzene rings is 2. The van der Waals surface area contributed by atoms with E-state index >= 15 is 8.78 Å². The van der Waals surface area contributed by atoms with Gasteiger partial charge in [-0.2, -0.15) is 32.1 Å². The normalized spacial score (nSPS) is 16.1. The molecule has 3 heterocycles. The summed E-state index contributed by atoms with van der Waals surface area (Å²) in [5, 5.41) is 11.0. The van der Waals surface area contributed by atoms with Crippen LogP contribution in [0, 0.1) is 17.6 Å². The predicted molar refractivity (Wildman–Crippen MR) is 171 cm³/mol. The van der Waals surface area contributed by atoms with Gasteiger partial charge in [-0.3, -0.25) is 23.5 Å². The number of carbonyl (C=O) groups is 1. The molecule has 6 rings (SSSR count). The predicted octanol–water partition coefficient (Wildman–Crippen LogP) is 6.34. The molecule has 0 radical (unpaired) electrons. The molecule has 0 spiro atoms. The van der Waals surface area contributed by atoms with Gasteiger partial charge in [-0.05, 0) is 36.2 Å². The fourth-order valence-corrected chi connectivity index (χ4v) is 6.82. The molecule has 19 heteroatoms. The first-order valence-corrected chi connectivity index (χ1v) is 16.4. The van der Waals surface area contributed by atoms with Crippen LogP contribution in [0.3, 0.4) is 0 Å². The molecule has 0 fully saturated rings. The van der Waals surface area contributed by atoms with E-state index in [1.54, 1.807) is 13.3 Å². The van der Waals surface area contributed by atoms with E-state index in [-0.39, 0.29) is 22.1 Å². The summed E-state index contributed by atoms with van der Waals surface area (Å²) in [4.78, 5) is 31.5. The number of hydrogen-bond donors (Lipinski definition) is 2. The van der Waals surface area contributed by atoms with E-state index in [2.05, 4.69) is 25.2 Å². The van der Waals surface area contributed by atoms with Crippen LogP contribution in [0.5, 0.6) is 0 Å². The Hall–Kier alpha value is -4.58. The zero-order valence-corrected chi connectivity index (χ0v) is 27.8. The van der Waals surface area contributed by atoms with Crippen LogP contribution in [0.25, 0.3) is 16.6 Å². The van der Waals surface area contributed by atoms with Gasteiger partial charge in [0.2, 0.25) is 5.91 Å². The summed E-state index contributed by atoms with van der Waals surface area (Å²) in [6, 6.07) is 5.31. The van der Waals surface area contributed by atoms with Crippen molar-refractivity contribution in [1.29, 1.82) is 0 Å². The molecule has 50 heavy (non-hydrogen) atoms. The molecule has 3 aromatic heterocycles. The first kappa shape index (κ1) is 35.3. The number of alkyl halides is 5. The molecule has 1 aliphatic rings. The molecule has 1 unspecified atom stereocenters. The molecule has 0 bridgehead atoms. The van der Waals surface area contributed by atoms with E-state index in [1.165, 1.54) is 28.8 Å². The average Bonchev–Trinajstić information content (AvgIpc) is 3.62. The topological polar surface area (TPSA) is 112 Å². The van der Waals surface area contributed by atoms with Gasteiger partial charge >= 0.3 is 6.18 Å². The highest BCUT2D eigenvalue weighted by Crippen LogP contribution is 2.49. The van der Waals surface area contributed by atoms with Crippen molar-refractivity contribution in [2.75, 3.05) is 11.0 Å². The zero-order chi connectivity index (χ0) is 36.3. The number of amides is 1. The van der Waals surface area contributed by atoms with Crippen molar-refractivity contribution in [2.45, 2.75) is 44.5 Å². The number of rotatable bonds is 9. The molecule has 0 aliphatic heterocycles. The maximum Gasteiger partial charge on any atom is 0.435 e. The van der Waals surface area contributed by atoms with Crippen molar-refractivity contribution >= 4 is 46.2 Å². The number of hydrogen-bond acceptors (Lipinski definition) is 7. The minimum Gasteiger partial charge on any atom is -0.344 e. The smallest absolute Gasteiger partial charge is 0.344 e. The Labute approximate surface area is 287 Å². The monoisotopic (exact) mass is 742 g/mol. The minimum atomic E-state index is -5.07. The summed E-state index contributed by atoms with van der Waals surface area (Å²) >= 11 is 7.76. The first-order valence-electron chi connectivity index (χ1n) is 14.8. The summed E-state index contributed by atoms with van der Waals surface area (Å²) in [5.74, 6) is -8.00. The molecular formula is C31H26ClF7N8O2S. The van der Waals surface area contributed by atoms with Crippen LogP contribution in [-0.4, -0.2) is 41.3 Å². The van der Waals surface area contributed by atoms with Gasteiger partial charge in [0.05, 0.1) is 27.7 Å². The lowest BCUT2D eigenvalue weighted by Crippen LogP contribution is -2.38. The lowest BCUT2D eigenvalue weighted by Gasteiger charge is -2.23. The van der Waals surface area contributed by atoms with Gasteiger partial charge in [0.15, 0.2) is 11.5 Å². The maximum atomic E-state index is 15.2. The van der Waals surface area contributed by atoms with E-state index in [9.17, 15) is 31.5 Å². The average molecular weight is 743 g/mol. The molecule has 2 N–H and O–H groups in total. The quantitative estimate of drug-likeness (QED) is 0.134. The standard InChI is InChI=1S/C31H26ClF7N8O2S/c1-14-8-18-26(31(37,38)39)42-46(27(18)30(14,35)36)13-22(48)41-20(11-15-9-16(33)12-17(34)10-15)29-40-7-6-23(49)47(29)21-5-4-19(32)24-25(21)45(2)43-28(24)44-50-3/h4-7,9-10,12,14,20H,8,11,13H2,1-3H3,(H,41,48)(H,43,44)/t14-,20?/m0/s1. The van der Waals surface area contributed by atoms with Crippen LogP contribution in [0.15, 0.2) is 47.4 Å². The number of aromatic nitrogens is 6. The summed E-state index contributed by atoms with van der Waals surface area (Å²) in [6.07, 6.45) is -3.18. The van der Waals surface area contributed by atoms with E-state index in [4.69, 9.17) is 11.6 Å². The molecule has 264 valence electrons. The Morgan fingerprint density at radius 2 is 1.84 bits per heavy atom. The molecule has 1 amide bonds. The molecule has 10 nitrogen and oxygen atoms in total. The zero-order valence-electron chi connectivity index (χ0n) is 26.2.